The van der Waals surface area contributed by atoms with Crippen molar-refractivity contribution in [2.45, 2.75) is 37.6 Å². The summed E-state index contributed by atoms with van der Waals surface area (Å²) in [6, 6.07) is 8.90. The van der Waals surface area contributed by atoms with Crippen LogP contribution in [0, 0.1) is 0 Å². The van der Waals surface area contributed by atoms with E-state index in [-0.39, 0.29) is 18.6 Å². The molecule has 1 saturated carbocycles. The summed E-state index contributed by atoms with van der Waals surface area (Å²) in [6.45, 7) is 0.0951. The van der Waals surface area contributed by atoms with Gasteiger partial charge in [0.25, 0.3) is 0 Å². The van der Waals surface area contributed by atoms with Gasteiger partial charge in [0, 0.05) is 12.6 Å². The molecule has 5 heteroatoms. The molecule has 0 saturated heterocycles. The number of amides is 2. The van der Waals surface area contributed by atoms with Crippen LogP contribution in [-0.4, -0.2) is 29.7 Å². The summed E-state index contributed by atoms with van der Waals surface area (Å²) in [5.41, 5.74) is 0.696. The Balaban J connectivity index is 1.86. The Labute approximate surface area is 118 Å². The summed E-state index contributed by atoms with van der Waals surface area (Å²) in [7, 11) is 0. The van der Waals surface area contributed by atoms with Crippen molar-refractivity contribution < 1.29 is 14.7 Å². The second kappa shape index (κ2) is 6.93. The first kappa shape index (κ1) is 14.4. The fourth-order valence-corrected chi connectivity index (χ4v) is 2.53. The fourth-order valence-electron chi connectivity index (χ4n) is 2.53. The number of carboxylic acids is 1. The van der Waals surface area contributed by atoms with Crippen molar-refractivity contribution in [3.63, 3.8) is 0 Å². The Bertz CT molecular complexity index is 455. The summed E-state index contributed by atoms with van der Waals surface area (Å²) >= 11 is 0. The van der Waals surface area contributed by atoms with Gasteiger partial charge in [0.2, 0.25) is 0 Å². The lowest BCUT2D eigenvalue weighted by molar-refractivity contribution is -0.138. The fraction of sp³-hybridized carbons (Fsp3) is 0.467. The molecule has 0 heterocycles. The summed E-state index contributed by atoms with van der Waals surface area (Å²) in [5.74, 6) is -1.65. The third-order valence-electron chi connectivity index (χ3n) is 3.66. The number of benzene rings is 1. The zero-order valence-electron chi connectivity index (χ0n) is 11.3. The van der Waals surface area contributed by atoms with E-state index in [4.69, 9.17) is 0 Å². The largest absolute Gasteiger partial charge is 0.481 e. The molecule has 5 nitrogen and oxygen atoms in total. The zero-order valence-corrected chi connectivity index (χ0v) is 11.3. The topological polar surface area (TPSA) is 78.4 Å². The van der Waals surface area contributed by atoms with Crippen LogP contribution < -0.4 is 10.6 Å². The van der Waals surface area contributed by atoms with E-state index in [1.54, 1.807) is 24.3 Å². The quantitative estimate of drug-likeness (QED) is 0.770. The van der Waals surface area contributed by atoms with E-state index < -0.39 is 11.9 Å². The monoisotopic (exact) mass is 276 g/mol. The molecule has 3 N–H and O–H groups in total. The number of nitrogens with one attached hydrogen (secondary N) is 2. The minimum atomic E-state index is -0.933. The second-order valence-electron chi connectivity index (χ2n) is 5.14. The van der Waals surface area contributed by atoms with Gasteiger partial charge < -0.3 is 15.7 Å². The normalized spacial score (nSPS) is 16.6. The van der Waals surface area contributed by atoms with Gasteiger partial charge in [-0.3, -0.25) is 4.79 Å². The highest BCUT2D eigenvalue weighted by Gasteiger charge is 2.21. The molecule has 0 aliphatic heterocycles. The molecule has 2 rings (SSSR count). The standard InChI is InChI=1S/C15H20N2O3/c18-14(19)13(11-6-2-1-3-7-11)10-16-15(20)17-12-8-4-5-9-12/h1-3,6-7,12-13H,4-5,8-10H2,(H,18,19)(H2,16,17,20). The summed E-state index contributed by atoms with van der Waals surface area (Å²) in [6.07, 6.45) is 4.31. The van der Waals surface area contributed by atoms with Gasteiger partial charge in [0.1, 0.15) is 0 Å². The molecule has 1 fully saturated rings. The van der Waals surface area contributed by atoms with E-state index in [9.17, 15) is 14.7 Å². The van der Waals surface area contributed by atoms with Gasteiger partial charge >= 0.3 is 12.0 Å². The van der Waals surface area contributed by atoms with E-state index in [1.165, 1.54) is 0 Å². The molecular weight excluding hydrogens is 256 g/mol. The maximum atomic E-state index is 11.7. The molecule has 0 bridgehead atoms. The number of urea groups is 1. The lowest BCUT2D eigenvalue weighted by Gasteiger charge is -2.16. The highest BCUT2D eigenvalue weighted by Crippen LogP contribution is 2.18. The molecule has 1 aliphatic carbocycles. The number of carboxylic acid groups (broad SMARTS) is 1. The lowest BCUT2D eigenvalue weighted by atomic mass is 9.99. The molecule has 1 aromatic carbocycles. The minimum Gasteiger partial charge on any atom is -0.481 e. The van der Waals surface area contributed by atoms with Crippen LogP contribution in [0.3, 0.4) is 0 Å². The van der Waals surface area contributed by atoms with Crippen molar-refractivity contribution in [3.8, 4) is 0 Å². The van der Waals surface area contributed by atoms with E-state index in [1.807, 2.05) is 6.07 Å². The SMILES string of the molecule is O=C(NCC(C(=O)O)c1ccccc1)NC1CCCC1. The van der Waals surface area contributed by atoms with E-state index in [0.717, 1.165) is 25.7 Å². The Hall–Kier alpha value is -2.04. The number of carbonyl (C=O) groups is 2. The molecule has 1 unspecified atom stereocenters. The highest BCUT2D eigenvalue weighted by molar-refractivity contribution is 5.79. The van der Waals surface area contributed by atoms with E-state index in [0.29, 0.717) is 5.56 Å². The molecule has 0 radical (unpaired) electrons. The molecule has 1 aliphatic rings. The van der Waals surface area contributed by atoms with Crippen LogP contribution in [0.25, 0.3) is 0 Å². The first-order valence-corrected chi connectivity index (χ1v) is 6.99. The van der Waals surface area contributed by atoms with Gasteiger partial charge in [0.15, 0.2) is 0 Å². The van der Waals surface area contributed by atoms with Gasteiger partial charge in [-0.15, -0.1) is 0 Å². The van der Waals surface area contributed by atoms with Crippen LogP contribution in [0.5, 0.6) is 0 Å². The molecule has 1 aromatic rings. The van der Waals surface area contributed by atoms with Gasteiger partial charge in [0.05, 0.1) is 5.92 Å². The maximum absolute atomic E-state index is 11.7. The summed E-state index contributed by atoms with van der Waals surface area (Å²) in [4.78, 5) is 23.0. The van der Waals surface area contributed by atoms with Crippen LogP contribution in [0.4, 0.5) is 4.79 Å². The number of hydrogen-bond acceptors (Lipinski definition) is 2. The Morgan fingerprint density at radius 3 is 2.45 bits per heavy atom. The van der Waals surface area contributed by atoms with Gasteiger partial charge in [-0.25, -0.2) is 4.79 Å². The van der Waals surface area contributed by atoms with Crippen LogP contribution in [0.2, 0.25) is 0 Å². The number of rotatable bonds is 5. The van der Waals surface area contributed by atoms with Crippen LogP contribution in [-0.2, 0) is 4.79 Å². The van der Waals surface area contributed by atoms with Gasteiger partial charge in [-0.2, -0.15) is 0 Å². The maximum Gasteiger partial charge on any atom is 0.315 e. The Kier molecular flexibility index (Phi) is 4.98. The molecule has 1 atom stereocenters. The molecular formula is C15H20N2O3. The Morgan fingerprint density at radius 2 is 1.85 bits per heavy atom. The van der Waals surface area contributed by atoms with Crippen molar-refractivity contribution in [2.24, 2.45) is 0 Å². The molecule has 2 amide bonds. The summed E-state index contributed by atoms with van der Waals surface area (Å²) in [5, 5.41) is 14.8. The number of aliphatic carboxylic acids is 1. The van der Waals surface area contributed by atoms with Crippen molar-refractivity contribution in [1.82, 2.24) is 10.6 Å². The minimum absolute atomic E-state index is 0.0951. The van der Waals surface area contributed by atoms with Crippen LogP contribution >= 0.6 is 0 Å². The third kappa shape index (κ3) is 3.98. The molecule has 108 valence electrons. The highest BCUT2D eigenvalue weighted by atomic mass is 16.4. The van der Waals surface area contributed by atoms with Gasteiger partial charge in [-0.1, -0.05) is 43.2 Å². The van der Waals surface area contributed by atoms with E-state index in [2.05, 4.69) is 10.6 Å². The van der Waals surface area contributed by atoms with Crippen molar-refractivity contribution >= 4 is 12.0 Å². The van der Waals surface area contributed by atoms with Crippen molar-refractivity contribution in [2.75, 3.05) is 6.54 Å². The first-order chi connectivity index (χ1) is 9.66. The number of carbonyl (C=O) groups excluding carboxylic acids is 1. The third-order valence-corrected chi connectivity index (χ3v) is 3.66. The predicted octanol–water partition coefficient (Wildman–Crippen LogP) is 2.10. The average Bonchev–Trinajstić information content (AvgIpc) is 2.92. The molecule has 20 heavy (non-hydrogen) atoms. The van der Waals surface area contributed by atoms with Crippen molar-refractivity contribution in [3.05, 3.63) is 35.9 Å². The van der Waals surface area contributed by atoms with Crippen molar-refractivity contribution in [1.29, 1.82) is 0 Å². The first-order valence-electron chi connectivity index (χ1n) is 6.99. The number of hydrogen-bond donors (Lipinski definition) is 3. The van der Waals surface area contributed by atoms with Crippen LogP contribution in [0.15, 0.2) is 30.3 Å². The lowest BCUT2D eigenvalue weighted by Crippen LogP contribution is -2.43. The van der Waals surface area contributed by atoms with Gasteiger partial charge in [-0.05, 0) is 18.4 Å². The zero-order chi connectivity index (χ0) is 14.4. The second-order valence-corrected chi connectivity index (χ2v) is 5.14. The average molecular weight is 276 g/mol. The molecule has 0 aromatic heterocycles. The Morgan fingerprint density at radius 1 is 1.20 bits per heavy atom. The smallest absolute Gasteiger partial charge is 0.315 e. The molecule has 0 spiro atoms. The summed E-state index contributed by atoms with van der Waals surface area (Å²) < 4.78 is 0. The predicted molar refractivity (Wildman–Crippen MR) is 75.6 cm³/mol. The van der Waals surface area contributed by atoms with Crippen LogP contribution in [0.1, 0.15) is 37.2 Å². The van der Waals surface area contributed by atoms with E-state index >= 15 is 0 Å².